The smallest absolute Gasteiger partial charge is 0.245 e. The summed E-state index contributed by atoms with van der Waals surface area (Å²) in [5.74, 6) is -1.18. The van der Waals surface area contributed by atoms with Gasteiger partial charge in [0, 0.05) is 19.0 Å². The van der Waals surface area contributed by atoms with Crippen LogP contribution >= 0.6 is 0 Å². The van der Waals surface area contributed by atoms with Crippen molar-refractivity contribution in [3.05, 3.63) is 102 Å². The van der Waals surface area contributed by atoms with Crippen molar-refractivity contribution in [3.8, 4) is 0 Å². The van der Waals surface area contributed by atoms with Crippen LogP contribution in [0.4, 0.5) is 4.39 Å². The quantitative estimate of drug-likeness (QED) is 0.612. The summed E-state index contributed by atoms with van der Waals surface area (Å²) < 4.78 is 40.9. The predicted molar refractivity (Wildman–Crippen MR) is 121 cm³/mol. The minimum atomic E-state index is -3.92. The Morgan fingerprint density at radius 2 is 1.34 bits per heavy atom. The van der Waals surface area contributed by atoms with E-state index in [2.05, 4.69) is 5.32 Å². The number of nitrogens with one attached hydrogen (secondary N) is 1. The molecule has 1 amide bonds. The Labute approximate surface area is 187 Å². The Bertz CT molecular complexity index is 1120. The fourth-order valence-corrected chi connectivity index (χ4v) is 5.60. The molecule has 1 saturated heterocycles. The minimum Gasteiger partial charge on any atom is -0.345 e. The van der Waals surface area contributed by atoms with Crippen LogP contribution in [0.25, 0.3) is 0 Å². The second-order valence-corrected chi connectivity index (χ2v) is 9.78. The number of carbonyl (C=O) groups is 1. The average Bonchev–Trinajstić information content (AvgIpc) is 2.84. The number of nitrogens with zero attached hydrogens (tertiary/aromatic N) is 1. The molecule has 1 aliphatic rings. The number of hydrogen-bond donors (Lipinski definition) is 1. The molecule has 1 heterocycles. The number of rotatable bonds is 6. The van der Waals surface area contributed by atoms with Gasteiger partial charge >= 0.3 is 0 Å². The van der Waals surface area contributed by atoms with Crippen LogP contribution in [0.5, 0.6) is 0 Å². The molecule has 7 heteroatoms. The van der Waals surface area contributed by atoms with Crippen molar-refractivity contribution in [2.45, 2.75) is 23.8 Å². The highest BCUT2D eigenvalue weighted by Crippen LogP contribution is 2.27. The van der Waals surface area contributed by atoms with E-state index in [-0.39, 0.29) is 35.9 Å². The van der Waals surface area contributed by atoms with E-state index in [0.29, 0.717) is 12.8 Å². The van der Waals surface area contributed by atoms with Gasteiger partial charge in [0.15, 0.2) is 0 Å². The summed E-state index contributed by atoms with van der Waals surface area (Å²) in [6.45, 7) is 0.353. The van der Waals surface area contributed by atoms with E-state index < -0.39 is 15.8 Å². The van der Waals surface area contributed by atoms with Crippen LogP contribution in [-0.2, 0) is 14.8 Å². The number of sulfonamides is 1. The van der Waals surface area contributed by atoms with Gasteiger partial charge in [0.25, 0.3) is 0 Å². The molecule has 0 unspecified atom stereocenters. The fraction of sp³-hybridized carbons (Fsp3) is 0.240. The lowest BCUT2D eigenvalue weighted by Gasteiger charge is -2.31. The van der Waals surface area contributed by atoms with Crippen molar-refractivity contribution >= 4 is 15.9 Å². The SMILES string of the molecule is O=C(NC(c1ccccc1)c1ccccc1)C1CCN(S(=O)(=O)c2ccccc2F)CC1. The Morgan fingerprint density at radius 1 is 0.844 bits per heavy atom. The van der Waals surface area contributed by atoms with Crippen molar-refractivity contribution in [3.63, 3.8) is 0 Å². The van der Waals surface area contributed by atoms with Gasteiger partial charge in [-0.15, -0.1) is 0 Å². The van der Waals surface area contributed by atoms with E-state index in [1.54, 1.807) is 0 Å². The normalized spacial score (nSPS) is 15.6. The molecular formula is C25H25FN2O3S. The molecule has 3 aromatic carbocycles. The zero-order chi connectivity index (χ0) is 22.6. The summed E-state index contributed by atoms with van der Waals surface area (Å²) in [5.41, 5.74) is 1.96. The first-order chi connectivity index (χ1) is 15.5. The summed E-state index contributed by atoms with van der Waals surface area (Å²) in [5, 5.41) is 3.15. The number of halogens is 1. The molecule has 1 N–H and O–H groups in total. The topological polar surface area (TPSA) is 66.5 Å². The zero-order valence-electron chi connectivity index (χ0n) is 17.5. The average molecular weight is 453 g/mol. The molecule has 0 aliphatic carbocycles. The van der Waals surface area contributed by atoms with E-state index in [9.17, 15) is 17.6 Å². The highest BCUT2D eigenvalue weighted by molar-refractivity contribution is 7.89. The van der Waals surface area contributed by atoms with Crippen molar-refractivity contribution < 1.29 is 17.6 Å². The Kier molecular flexibility index (Phi) is 6.67. The molecule has 0 aromatic heterocycles. The Hall–Kier alpha value is -3.03. The van der Waals surface area contributed by atoms with Gasteiger partial charge in [-0.2, -0.15) is 4.31 Å². The Morgan fingerprint density at radius 3 is 1.88 bits per heavy atom. The van der Waals surface area contributed by atoms with Crippen LogP contribution in [0.1, 0.15) is 30.0 Å². The molecule has 1 aliphatic heterocycles. The summed E-state index contributed by atoms with van der Waals surface area (Å²) in [6, 6.07) is 24.6. The van der Waals surface area contributed by atoms with Gasteiger partial charge in [-0.1, -0.05) is 72.8 Å². The monoisotopic (exact) mass is 452 g/mol. The van der Waals surface area contributed by atoms with Crippen molar-refractivity contribution in [1.82, 2.24) is 9.62 Å². The second kappa shape index (κ2) is 9.63. The van der Waals surface area contributed by atoms with Crippen LogP contribution in [0, 0.1) is 11.7 Å². The molecule has 0 atom stereocenters. The molecule has 1 fully saturated rings. The molecule has 32 heavy (non-hydrogen) atoms. The van der Waals surface area contributed by atoms with E-state index in [1.165, 1.54) is 22.5 Å². The standard InChI is InChI=1S/C25H25FN2O3S/c26-22-13-7-8-14-23(22)32(30,31)28-17-15-21(16-18-28)25(29)27-24(19-9-3-1-4-10-19)20-11-5-2-6-12-20/h1-14,21,24H,15-18H2,(H,27,29). The molecule has 0 bridgehead atoms. The third-order valence-corrected chi connectivity index (χ3v) is 7.76. The fourth-order valence-electron chi connectivity index (χ4n) is 4.06. The van der Waals surface area contributed by atoms with E-state index in [0.717, 1.165) is 17.2 Å². The first-order valence-electron chi connectivity index (χ1n) is 10.6. The Balaban J connectivity index is 1.45. The molecule has 0 radical (unpaired) electrons. The van der Waals surface area contributed by atoms with Crippen LogP contribution in [0.15, 0.2) is 89.8 Å². The summed E-state index contributed by atoms with van der Waals surface area (Å²) in [4.78, 5) is 12.8. The van der Waals surface area contributed by atoms with Gasteiger partial charge in [-0.25, -0.2) is 12.8 Å². The number of carbonyl (C=O) groups excluding carboxylic acids is 1. The van der Waals surface area contributed by atoms with Gasteiger partial charge < -0.3 is 5.32 Å². The van der Waals surface area contributed by atoms with E-state index in [1.807, 2.05) is 60.7 Å². The lowest BCUT2D eigenvalue weighted by atomic mass is 9.94. The van der Waals surface area contributed by atoms with Crippen LogP contribution in [-0.4, -0.2) is 31.7 Å². The van der Waals surface area contributed by atoms with E-state index in [4.69, 9.17) is 0 Å². The summed E-state index contributed by atoms with van der Waals surface area (Å²) >= 11 is 0. The van der Waals surface area contributed by atoms with E-state index >= 15 is 0 Å². The van der Waals surface area contributed by atoms with Gasteiger partial charge in [0.1, 0.15) is 10.7 Å². The molecule has 5 nitrogen and oxygen atoms in total. The van der Waals surface area contributed by atoms with Crippen molar-refractivity contribution in [2.24, 2.45) is 5.92 Å². The highest BCUT2D eigenvalue weighted by atomic mass is 32.2. The van der Waals surface area contributed by atoms with Crippen LogP contribution in [0.2, 0.25) is 0 Å². The molecule has 0 saturated carbocycles. The third kappa shape index (κ3) is 4.74. The lowest BCUT2D eigenvalue weighted by molar-refractivity contribution is -0.126. The highest BCUT2D eigenvalue weighted by Gasteiger charge is 2.34. The van der Waals surface area contributed by atoms with Gasteiger partial charge in [-0.3, -0.25) is 4.79 Å². The van der Waals surface area contributed by atoms with Crippen molar-refractivity contribution in [1.29, 1.82) is 0 Å². The van der Waals surface area contributed by atoms with Crippen LogP contribution in [0.3, 0.4) is 0 Å². The van der Waals surface area contributed by atoms with Crippen molar-refractivity contribution in [2.75, 3.05) is 13.1 Å². The maximum absolute atomic E-state index is 14.0. The number of hydrogen-bond acceptors (Lipinski definition) is 3. The summed E-state index contributed by atoms with van der Waals surface area (Å²) in [7, 11) is -3.92. The molecule has 3 aromatic rings. The predicted octanol–water partition coefficient (Wildman–Crippen LogP) is 4.13. The molecular weight excluding hydrogens is 427 g/mol. The number of benzene rings is 3. The lowest BCUT2D eigenvalue weighted by Crippen LogP contribution is -2.44. The minimum absolute atomic E-state index is 0.106. The second-order valence-electron chi connectivity index (χ2n) is 7.87. The first kappa shape index (κ1) is 22.2. The zero-order valence-corrected chi connectivity index (χ0v) is 18.3. The maximum Gasteiger partial charge on any atom is 0.245 e. The molecule has 4 rings (SSSR count). The first-order valence-corrected chi connectivity index (χ1v) is 12.1. The van der Waals surface area contributed by atoms with Crippen LogP contribution < -0.4 is 5.32 Å². The molecule has 166 valence electrons. The number of amides is 1. The van der Waals surface area contributed by atoms with Gasteiger partial charge in [0.05, 0.1) is 6.04 Å². The third-order valence-electron chi connectivity index (χ3n) is 5.83. The maximum atomic E-state index is 14.0. The van der Waals surface area contributed by atoms with Gasteiger partial charge in [0.2, 0.25) is 15.9 Å². The largest absolute Gasteiger partial charge is 0.345 e. The summed E-state index contributed by atoms with van der Waals surface area (Å²) in [6.07, 6.45) is 0.769. The van der Waals surface area contributed by atoms with Gasteiger partial charge in [-0.05, 0) is 36.1 Å². The molecule has 0 spiro atoms. The number of piperidine rings is 1.